The molecule has 1 heterocycles. The van der Waals surface area contributed by atoms with E-state index >= 15 is 0 Å². The Labute approximate surface area is 172 Å². The van der Waals surface area contributed by atoms with Gasteiger partial charge >= 0.3 is 0 Å². The van der Waals surface area contributed by atoms with Crippen LogP contribution in [0.5, 0.6) is 5.75 Å². The van der Waals surface area contributed by atoms with Crippen molar-refractivity contribution in [2.45, 2.75) is 33.4 Å². The topological polar surface area (TPSA) is 60.6 Å². The minimum Gasteiger partial charge on any atom is -0.495 e. The lowest BCUT2D eigenvalue weighted by Crippen LogP contribution is -3.12. The van der Waals surface area contributed by atoms with Crippen LogP contribution in [0.1, 0.15) is 23.9 Å². The third-order valence-corrected chi connectivity index (χ3v) is 5.39. The number of methoxy groups -OCH3 is 1. The van der Waals surface area contributed by atoms with Crippen LogP contribution in [0.25, 0.3) is 5.69 Å². The van der Waals surface area contributed by atoms with Crippen molar-refractivity contribution in [3.05, 3.63) is 71.5 Å². The van der Waals surface area contributed by atoms with Crippen LogP contribution < -0.4 is 15.0 Å². The predicted molar refractivity (Wildman–Crippen MR) is 115 cm³/mol. The second-order valence-electron chi connectivity index (χ2n) is 7.33. The predicted octanol–water partition coefficient (Wildman–Crippen LogP) is 2.54. The average molecular weight is 394 g/mol. The first kappa shape index (κ1) is 20.6. The van der Waals surface area contributed by atoms with Crippen LogP contribution in [-0.4, -0.2) is 35.9 Å². The number of nitrogens with one attached hydrogen (secondary N) is 2. The first-order valence-corrected chi connectivity index (χ1v) is 9.79. The molecular formula is C23H29N4O2+. The van der Waals surface area contributed by atoms with Gasteiger partial charge in [-0.05, 0) is 45.0 Å². The van der Waals surface area contributed by atoms with Crippen LogP contribution in [0.3, 0.4) is 0 Å². The van der Waals surface area contributed by atoms with Gasteiger partial charge in [-0.1, -0.05) is 30.3 Å². The Hall–Kier alpha value is -3.12. The van der Waals surface area contributed by atoms with Gasteiger partial charge in [0, 0.05) is 0 Å². The Morgan fingerprint density at radius 2 is 1.79 bits per heavy atom. The number of carbonyl (C=O) groups is 1. The number of anilines is 1. The first-order valence-electron chi connectivity index (χ1n) is 9.79. The van der Waals surface area contributed by atoms with Gasteiger partial charge in [0.25, 0.3) is 5.91 Å². The molecular weight excluding hydrogens is 364 g/mol. The number of likely N-dealkylation sites (N-methyl/N-ethyl adjacent to an activating group) is 1. The van der Waals surface area contributed by atoms with E-state index in [4.69, 9.17) is 9.84 Å². The summed E-state index contributed by atoms with van der Waals surface area (Å²) in [5.74, 6) is 0.610. The first-order chi connectivity index (χ1) is 13.9. The Morgan fingerprint density at radius 3 is 2.48 bits per heavy atom. The largest absolute Gasteiger partial charge is 0.495 e. The van der Waals surface area contributed by atoms with Crippen molar-refractivity contribution in [2.24, 2.45) is 0 Å². The molecule has 1 unspecified atom stereocenters. The molecule has 0 saturated heterocycles. The van der Waals surface area contributed by atoms with Crippen LogP contribution >= 0.6 is 0 Å². The molecule has 1 aromatic heterocycles. The molecule has 3 rings (SSSR count). The molecule has 0 aliphatic rings. The van der Waals surface area contributed by atoms with Gasteiger partial charge in [-0.25, -0.2) is 4.68 Å². The Bertz CT molecular complexity index is 982. The Kier molecular flexibility index (Phi) is 6.34. The zero-order chi connectivity index (χ0) is 21.0. The average Bonchev–Trinajstić information content (AvgIpc) is 3.02. The van der Waals surface area contributed by atoms with Gasteiger partial charge in [-0.15, -0.1) is 0 Å². The highest BCUT2D eigenvalue weighted by Gasteiger charge is 2.25. The summed E-state index contributed by atoms with van der Waals surface area (Å²) < 4.78 is 7.30. The van der Waals surface area contributed by atoms with Crippen molar-refractivity contribution >= 4 is 11.6 Å². The number of aryl methyl sites for hydroxylation is 1. The summed E-state index contributed by atoms with van der Waals surface area (Å²) in [7, 11) is 3.63. The molecule has 2 aromatic carbocycles. The quantitative estimate of drug-likeness (QED) is 0.649. The van der Waals surface area contributed by atoms with Gasteiger partial charge in [0.05, 0.1) is 42.5 Å². The summed E-state index contributed by atoms with van der Waals surface area (Å²) in [6, 6.07) is 17.3. The Balaban J connectivity index is 1.73. The fraction of sp³-hybridized carbons (Fsp3) is 0.304. The number of nitrogens with zero attached hydrogens (tertiary/aromatic N) is 2. The highest BCUT2D eigenvalue weighted by Crippen LogP contribution is 2.23. The number of amides is 1. The molecule has 0 bridgehead atoms. The summed E-state index contributed by atoms with van der Waals surface area (Å²) in [6.45, 7) is 6.75. The maximum Gasteiger partial charge on any atom is 0.282 e. The number of rotatable bonds is 7. The van der Waals surface area contributed by atoms with Gasteiger partial charge in [-0.3, -0.25) is 4.79 Å². The summed E-state index contributed by atoms with van der Waals surface area (Å²) in [5.41, 5.74) is 4.99. The van der Waals surface area contributed by atoms with E-state index in [1.165, 1.54) is 5.56 Å². The molecule has 0 saturated carbocycles. The third-order valence-electron chi connectivity index (χ3n) is 5.39. The highest BCUT2D eigenvalue weighted by molar-refractivity contribution is 5.94. The van der Waals surface area contributed by atoms with E-state index in [1.807, 2.05) is 80.2 Å². The van der Waals surface area contributed by atoms with Crippen molar-refractivity contribution in [2.75, 3.05) is 19.5 Å². The minimum absolute atomic E-state index is 0.0437. The minimum atomic E-state index is -0.237. The zero-order valence-electron chi connectivity index (χ0n) is 17.7. The van der Waals surface area contributed by atoms with Gasteiger partial charge in [0.15, 0.2) is 6.04 Å². The van der Waals surface area contributed by atoms with Gasteiger partial charge < -0.3 is 15.0 Å². The molecule has 1 amide bonds. The normalized spacial score (nSPS) is 13.0. The number of ether oxygens (including phenoxy) is 1. The Morgan fingerprint density at radius 1 is 1.14 bits per heavy atom. The number of para-hydroxylation sites is 3. The lowest BCUT2D eigenvalue weighted by atomic mass is 10.1. The lowest BCUT2D eigenvalue weighted by Gasteiger charge is -2.22. The number of hydrogen-bond acceptors (Lipinski definition) is 3. The molecule has 0 spiro atoms. The van der Waals surface area contributed by atoms with E-state index in [-0.39, 0.29) is 11.9 Å². The molecule has 0 fully saturated rings. The summed E-state index contributed by atoms with van der Waals surface area (Å²) >= 11 is 0. The number of aromatic nitrogens is 2. The van der Waals surface area contributed by atoms with Crippen LogP contribution in [0.2, 0.25) is 0 Å². The molecule has 3 aromatic rings. The van der Waals surface area contributed by atoms with Crippen LogP contribution in [0.15, 0.2) is 54.6 Å². The van der Waals surface area contributed by atoms with E-state index in [2.05, 4.69) is 12.2 Å². The molecule has 2 atom stereocenters. The molecule has 2 N–H and O–H groups in total. The van der Waals surface area contributed by atoms with Crippen molar-refractivity contribution in [1.29, 1.82) is 0 Å². The highest BCUT2D eigenvalue weighted by atomic mass is 16.5. The van der Waals surface area contributed by atoms with Crippen molar-refractivity contribution < 1.29 is 14.4 Å². The monoisotopic (exact) mass is 393 g/mol. The molecule has 0 radical (unpaired) electrons. The second-order valence-corrected chi connectivity index (χ2v) is 7.33. The van der Waals surface area contributed by atoms with E-state index in [0.717, 1.165) is 22.0 Å². The molecule has 0 aliphatic heterocycles. The SMILES string of the molecule is COc1ccccc1NC(=O)[C@@H](C)[NH+](C)Cc1c(C)nn(-c2ccccc2)c1C. The van der Waals surface area contributed by atoms with Crippen molar-refractivity contribution in [1.82, 2.24) is 9.78 Å². The van der Waals surface area contributed by atoms with E-state index < -0.39 is 0 Å². The zero-order valence-corrected chi connectivity index (χ0v) is 17.7. The smallest absolute Gasteiger partial charge is 0.282 e. The second kappa shape index (κ2) is 8.92. The van der Waals surface area contributed by atoms with Crippen LogP contribution in [-0.2, 0) is 11.3 Å². The third kappa shape index (κ3) is 4.49. The summed E-state index contributed by atoms with van der Waals surface area (Å²) in [4.78, 5) is 13.9. The lowest BCUT2D eigenvalue weighted by molar-refractivity contribution is -0.907. The maximum atomic E-state index is 12.8. The van der Waals surface area contributed by atoms with Gasteiger partial charge in [-0.2, -0.15) is 5.10 Å². The van der Waals surface area contributed by atoms with E-state index in [1.54, 1.807) is 7.11 Å². The van der Waals surface area contributed by atoms with E-state index in [0.29, 0.717) is 18.0 Å². The van der Waals surface area contributed by atoms with Crippen molar-refractivity contribution in [3.8, 4) is 11.4 Å². The maximum absolute atomic E-state index is 12.8. The molecule has 29 heavy (non-hydrogen) atoms. The number of quaternary nitrogens is 1. The van der Waals surface area contributed by atoms with Gasteiger partial charge in [0.2, 0.25) is 0 Å². The molecule has 0 aliphatic carbocycles. The van der Waals surface area contributed by atoms with Crippen LogP contribution in [0, 0.1) is 13.8 Å². The molecule has 6 heteroatoms. The number of benzene rings is 2. The van der Waals surface area contributed by atoms with Gasteiger partial charge in [0.1, 0.15) is 12.3 Å². The fourth-order valence-electron chi connectivity index (χ4n) is 3.40. The molecule has 6 nitrogen and oxygen atoms in total. The number of carbonyl (C=O) groups excluding carboxylic acids is 1. The van der Waals surface area contributed by atoms with E-state index in [9.17, 15) is 4.79 Å². The standard InChI is InChI=1S/C23H28N4O2/c1-16-20(17(2)27(25-16)19-11-7-6-8-12-19)15-26(4)18(3)23(28)24-21-13-9-10-14-22(21)29-5/h6-14,18H,15H2,1-5H3,(H,24,28)/p+1/t18-/m1/s1. The van der Waals surface area contributed by atoms with Crippen molar-refractivity contribution in [3.63, 3.8) is 0 Å². The number of hydrogen-bond donors (Lipinski definition) is 2. The summed E-state index contributed by atoms with van der Waals surface area (Å²) in [5, 5.41) is 7.70. The summed E-state index contributed by atoms with van der Waals surface area (Å²) in [6.07, 6.45) is 0. The van der Waals surface area contributed by atoms with Crippen LogP contribution in [0.4, 0.5) is 5.69 Å². The molecule has 152 valence electrons. The fourth-order valence-corrected chi connectivity index (χ4v) is 3.40.